The normalized spacial score (nSPS) is 14.5. The van der Waals surface area contributed by atoms with E-state index in [0.717, 1.165) is 4.90 Å². The van der Waals surface area contributed by atoms with Crippen molar-refractivity contribution >= 4 is 29.4 Å². The number of urea groups is 1. The fourth-order valence-electron chi connectivity index (χ4n) is 1.69. The van der Waals surface area contributed by atoms with Crippen LogP contribution in [0.1, 0.15) is 10.4 Å². The van der Waals surface area contributed by atoms with Crippen LogP contribution >= 0.6 is 11.6 Å². The smallest absolute Gasteiger partial charge is 0.324 e. The largest absolute Gasteiger partial charge is 0.350 e. The molecular formula is C12H12ClN3O3. The Balaban J connectivity index is 1.84. The Kier molecular flexibility index (Phi) is 4.01. The molecule has 2 rings (SSSR count). The molecule has 1 aliphatic heterocycles. The van der Waals surface area contributed by atoms with Crippen LogP contribution in [0, 0.1) is 0 Å². The number of imide groups is 1. The number of hydrogen-bond donors (Lipinski definition) is 2. The summed E-state index contributed by atoms with van der Waals surface area (Å²) in [6.45, 7) is 0.364. The van der Waals surface area contributed by atoms with Gasteiger partial charge in [-0.05, 0) is 18.2 Å². The van der Waals surface area contributed by atoms with Crippen LogP contribution in [-0.4, -0.2) is 42.4 Å². The first-order chi connectivity index (χ1) is 9.08. The molecule has 1 saturated heterocycles. The third-order valence-electron chi connectivity index (χ3n) is 2.64. The van der Waals surface area contributed by atoms with Gasteiger partial charge in [-0.2, -0.15) is 0 Å². The van der Waals surface area contributed by atoms with Crippen molar-refractivity contribution in [3.05, 3.63) is 34.9 Å². The number of nitrogens with zero attached hydrogens (tertiary/aromatic N) is 1. The van der Waals surface area contributed by atoms with Crippen LogP contribution in [0.2, 0.25) is 5.02 Å². The minimum Gasteiger partial charge on any atom is -0.350 e. The lowest BCUT2D eigenvalue weighted by molar-refractivity contribution is -0.124. The number of carbonyl (C=O) groups is 3. The number of hydrogen-bond acceptors (Lipinski definition) is 3. The van der Waals surface area contributed by atoms with Gasteiger partial charge in [-0.15, -0.1) is 0 Å². The molecule has 1 fully saturated rings. The Morgan fingerprint density at radius 3 is 2.84 bits per heavy atom. The number of halogens is 1. The van der Waals surface area contributed by atoms with Crippen molar-refractivity contribution in [2.45, 2.75) is 0 Å². The van der Waals surface area contributed by atoms with Crippen LogP contribution in [0.15, 0.2) is 24.3 Å². The van der Waals surface area contributed by atoms with Gasteiger partial charge < -0.3 is 10.6 Å². The molecule has 1 aromatic rings. The molecule has 100 valence electrons. The molecule has 19 heavy (non-hydrogen) atoms. The fourth-order valence-corrected chi connectivity index (χ4v) is 1.88. The van der Waals surface area contributed by atoms with E-state index in [9.17, 15) is 14.4 Å². The summed E-state index contributed by atoms with van der Waals surface area (Å²) in [6.07, 6.45) is 0. The van der Waals surface area contributed by atoms with Crippen molar-refractivity contribution in [1.82, 2.24) is 15.5 Å². The van der Waals surface area contributed by atoms with E-state index in [1.54, 1.807) is 24.3 Å². The summed E-state index contributed by atoms with van der Waals surface area (Å²) >= 11 is 5.78. The zero-order valence-electron chi connectivity index (χ0n) is 9.98. The van der Waals surface area contributed by atoms with Gasteiger partial charge in [-0.25, -0.2) is 4.79 Å². The summed E-state index contributed by atoms with van der Waals surface area (Å²) in [7, 11) is 0. The second-order valence-corrected chi connectivity index (χ2v) is 4.41. The summed E-state index contributed by atoms with van der Waals surface area (Å²) < 4.78 is 0. The van der Waals surface area contributed by atoms with Gasteiger partial charge in [0.1, 0.15) is 0 Å². The zero-order chi connectivity index (χ0) is 13.8. The Hall–Kier alpha value is -2.08. The predicted octanol–water partition coefficient (Wildman–Crippen LogP) is 0.622. The predicted molar refractivity (Wildman–Crippen MR) is 68.9 cm³/mol. The van der Waals surface area contributed by atoms with Gasteiger partial charge in [0, 0.05) is 23.7 Å². The summed E-state index contributed by atoms with van der Waals surface area (Å²) in [5.41, 5.74) is 0.435. The molecule has 0 aliphatic carbocycles. The van der Waals surface area contributed by atoms with E-state index in [1.165, 1.54) is 0 Å². The summed E-state index contributed by atoms with van der Waals surface area (Å²) in [4.78, 5) is 35.4. The topological polar surface area (TPSA) is 78.5 Å². The maximum Gasteiger partial charge on any atom is 0.324 e. The standard InChI is InChI=1S/C12H12ClN3O3/c13-9-3-1-2-8(6-9)11(18)14-4-5-16-10(17)7-15-12(16)19/h1-3,6H,4-5,7H2,(H,14,18)(H,15,19). The van der Waals surface area contributed by atoms with Crippen molar-refractivity contribution in [2.24, 2.45) is 0 Å². The van der Waals surface area contributed by atoms with E-state index in [2.05, 4.69) is 10.6 Å². The first-order valence-electron chi connectivity index (χ1n) is 5.70. The Morgan fingerprint density at radius 1 is 1.42 bits per heavy atom. The highest BCUT2D eigenvalue weighted by molar-refractivity contribution is 6.30. The molecule has 0 aromatic heterocycles. The summed E-state index contributed by atoms with van der Waals surface area (Å²) in [5.74, 6) is -0.587. The second-order valence-electron chi connectivity index (χ2n) is 3.97. The fraction of sp³-hybridized carbons (Fsp3) is 0.250. The third-order valence-corrected chi connectivity index (χ3v) is 2.88. The highest BCUT2D eigenvalue weighted by Gasteiger charge is 2.27. The maximum atomic E-state index is 11.8. The number of carbonyl (C=O) groups excluding carboxylic acids is 3. The molecule has 6 nitrogen and oxygen atoms in total. The second kappa shape index (κ2) is 5.71. The van der Waals surface area contributed by atoms with E-state index < -0.39 is 6.03 Å². The SMILES string of the molecule is O=C(NCCN1C(=O)CNC1=O)c1cccc(Cl)c1. The Labute approximate surface area is 114 Å². The van der Waals surface area contributed by atoms with Gasteiger partial charge in [0.05, 0.1) is 6.54 Å². The van der Waals surface area contributed by atoms with Crippen molar-refractivity contribution in [3.8, 4) is 0 Å². The third kappa shape index (κ3) is 3.23. The molecule has 1 heterocycles. The molecule has 0 radical (unpaired) electrons. The monoisotopic (exact) mass is 281 g/mol. The number of nitrogens with one attached hydrogen (secondary N) is 2. The van der Waals surface area contributed by atoms with Gasteiger partial charge in [0.15, 0.2) is 0 Å². The lowest BCUT2D eigenvalue weighted by Gasteiger charge is -2.12. The van der Waals surface area contributed by atoms with Gasteiger partial charge in [-0.1, -0.05) is 17.7 Å². The van der Waals surface area contributed by atoms with Crippen molar-refractivity contribution in [1.29, 1.82) is 0 Å². The van der Waals surface area contributed by atoms with E-state index in [1.807, 2.05) is 0 Å². The molecule has 2 N–H and O–H groups in total. The van der Waals surface area contributed by atoms with Crippen LogP contribution < -0.4 is 10.6 Å². The molecule has 0 saturated carbocycles. The average molecular weight is 282 g/mol. The number of amides is 4. The van der Waals surface area contributed by atoms with E-state index in [4.69, 9.17) is 11.6 Å². The van der Waals surface area contributed by atoms with Crippen molar-refractivity contribution in [2.75, 3.05) is 19.6 Å². The maximum absolute atomic E-state index is 11.8. The van der Waals surface area contributed by atoms with Crippen molar-refractivity contribution in [3.63, 3.8) is 0 Å². The molecule has 1 aliphatic rings. The highest BCUT2D eigenvalue weighted by atomic mass is 35.5. The summed E-state index contributed by atoms with van der Waals surface area (Å²) in [5, 5.41) is 5.50. The lowest BCUT2D eigenvalue weighted by Crippen LogP contribution is -2.38. The molecule has 1 aromatic carbocycles. The van der Waals surface area contributed by atoms with E-state index >= 15 is 0 Å². The van der Waals surface area contributed by atoms with Crippen molar-refractivity contribution < 1.29 is 14.4 Å². The van der Waals surface area contributed by atoms with Crippen LogP contribution in [0.4, 0.5) is 4.79 Å². The van der Waals surface area contributed by atoms with Crippen LogP contribution in [0.3, 0.4) is 0 Å². The highest BCUT2D eigenvalue weighted by Crippen LogP contribution is 2.10. The van der Waals surface area contributed by atoms with E-state index in [-0.39, 0.29) is 31.4 Å². The minimum atomic E-state index is -0.429. The average Bonchev–Trinajstić information content (AvgIpc) is 2.70. The van der Waals surface area contributed by atoms with E-state index in [0.29, 0.717) is 10.6 Å². The Bertz CT molecular complexity index is 517. The molecule has 4 amide bonds. The molecule has 0 unspecified atom stereocenters. The number of benzene rings is 1. The molecule has 0 spiro atoms. The summed E-state index contributed by atoms with van der Waals surface area (Å²) in [6, 6.07) is 6.10. The molecular weight excluding hydrogens is 270 g/mol. The first-order valence-corrected chi connectivity index (χ1v) is 6.07. The minimum absolute atomic E-state index is 0.0150. The van der Waals surface area contributed by atoms with Crippen LogP contribution in [0.25, 0.3) is 0 Å². The molecule has 7 heteroatoms. The van der Waals surface area contributed by atoms with Crippen LogP contribution in [-0.2, 0) is 4.79 Å². The number of rotatable bonds is 4. The lowest BCUT2D eigenvalue weighted by atomic mass is 10.2. The van der Waals surface area contributed by atoms with Gasteiger partial charge in [0.2, 0.25) is 5.91 Å². The van der Waals surface area contributed by atoms with Gasteiger partial charge in [-0.3, -0.25) is 14.5 Å². The van der Waals surface area contributed by atoms with Gasteiger partial charge in [0.25, 0.3) is 5.91 Å². The van der Waals surface area contributed by atoms with Gasteiger partial charge >= 0.3 is 6.03 Å². The van der Waals surface area contributed by atoms with Crippen LogP contribution in [0.5, 0.6) is 0 Å². The zero-order valence-corrected chi connectivity index (χ0v) is 10.7. The first kappa shape index (κ1) is 13.4. The Morgan fingerprint density at radius 2 is 2.21 bits per heavy atom. The molecule has 0 atom stereocenters. The molecule has 0 bridgehead atoms. The quantitative estimate of drug-likeness (QED) is 0.794.